The van der Waals surface area contributed by atoms with Crippen LogP contribution in [0.2, 0.25) is 10.0 Å². The van der Waals surface area contributed by atoms with E-state index in [1.54, 1.807) is 6.07 Å². The van der Waals surface area contributed by atoms with Crippen LogP contribution in [0, 0.1) is 5.82 Å². The summed E-state index contributed by atoms with van der Waals surface area (Å²) < 4.78 is 13.4. The normalized spacial score (nSPS) is 10.5. The molecule has 0 unspecified atom stereocenters. The summed E-state index contributed by atoms with van der Waals surface area (Å²) in [4.78, 5) is 0. The smallest absolute Gasteiger partial charge is 0.143 e. The summed E-state index contributed by atoms with van der Waals surface area (Å²) in [5, 5.41) is 7.28. The minimum absolute atomic E-state index is 0.121. The number of anilines is 2. The molecule has 0 aliphatic heterocycles. The van der Waals surface area contributed by atoms with Gasteiger partial charge in [-0.2, -0.15) is 0 Å². The lowest BCUT2D eigenvalue weighted by atomic mass is 10.2. The lowest BCUT2D eigenvalue weighted by Crippen LogP contribution is -2.03. The molecule has 2 nitrogen and oxygen atoms in total. The molecule has 2 N–H and O–H groups in total. The van der Waals surface area contributed by atoms with E-state index in [1.165, 1.54) is 12.1 Å². The highest BCUT2D eigenvalue weighted by molar-refractivity contribution is 6.33. The third-order valence-electron chi connectivity index (χ3n) is 3.30. The molecule has 22 heavy (non-hydrogen) atoms. The van der Waals surface area contributed by atoms with Crippen LogP contribution in [-0.2, 0) is 6.54 Å². The zero-order chi connectivity index (χ0) is 15.9. The van der Waals surface area contributed by atoms with E-state index in [0.717, 1.165) is 30.6 Å². The van der Waals surface area contributed by atoms with Crippen molar-refractivity contribution in [2.45, 2.75) is 26.3 Å². The van der Waals surface area contributed by atoms with Crippen LogP contribution in [0.3, 0.4) is 0 Å². The molecule has 0 aromatic heterocycles. The lowest BCUT2D eigenvalue weighted by molar-refractivity contribution is 0.628. The molecule has 0 spiro atoms. The van der Waals surface area contributed by atoms with Crippen LogP contribution < -0.4 is 10.6 Å². The molecule has 5 heteroatoms. The number of rotatable bonds is 7. The molecule has 0 heterocycles. The molecule has 0 fully saturated rings. The number of hydrogen-bond acceptors (Lipinski definition) is 2. The second-order valence-electron chi connectivity index (χ2n) is 5.08. The molecular formula is C17H19Cl2FN2. The summed E-state index contributed by atoms with van der Waals surface area (Å²) in [5.74, 6) is -0.430. The Morgan fingerprint density at radius 2 is 1.82 bits per heavy atom. The first-order chi connectivity index (χ1) is 10.6. The summed E-state index contributed by atoms with van der Waals surface area (Å²) in [5.41, 5.74) is 2.65. The summed E-state index contributed by atoms with van der Waals surface area (Å²) in [6, 6.07) is 10.5. The number of nitrogens with one attached hydrogen (secondary N) is 2. The molecule has 0 bridgehead atoms. The molecule has 0 aliphatic rings. The molecule has 0 amide bonds. The van der Waals surface area contributed by atoms with Gasteiger partial charge >= 0.3 is 0 Å². The molecular weight excluding hydrogens is 322 g/mol. The first kappa shape index (κ1) is 16.9. The maximum Gasteiger partial charge on any atom is 0.143 e. The van der Waals surface area contributed by atoms with Gasteiger partial charge in [0.15, 0.2) is 0 Å². The van der Waals surface area contributed by atoms with Gasteiger partial charge in [-0.3, -0.25) is 0 Å². The van der Waals surface area contributed by atoms with Crippen LogP contribution in [0.4, 0.5) is 15.8 Å². The van der Waals surface area contributed by atoms with Crippen molar-refractivity contribution in [2.24, 2.45) is 0 Å². The SMILES string of the molecule is CCCCNc1ccc(CNc2ccc(Cl)c(F)c2)cc1Cl. The van der Waals surface area contributed by atoms with Crippen molar-refractivity contribution in [3.8, 4) is 0 Å². The molecule has 0 atom stereocenters. The van der Waals surface area contributed by atoms with Crippen molar-refractivity contribution in [3.05, 3.63) is 57.8 Å². The molecule has 0 saturated heterocycles. The van der Waals surface area contributed by atoms with E-state index in [2.05, 4.69) is 17.6 Å². The lowest BCUT2D eigenvalue weighted by Gasteiger charge is -2.11. The number of halogens is 3. The maximum absolute atomic E-state index is 13.4. The average molecular weight is 341 g/mol. The van der Waals surface area contributed by atoms with E-state index < -0.39 is 5.82 Å². The summed E-state index contributed by atoms with van der Waals surface area (Å²) in [7, 11) is 0. The standard InChI is InChI=1S/C17H19Cl2FN2/c1-2-3-8-21-17-7-4-12(9-15(17)19)11-22-13-5-6-14(18)16(20)10-13/h4-7,9-10,21-22H,2-3,8,11H2,1H3. The van der Waals surface area contributed by atoms with Gasteiger partial charge in [-0.25, -0.2) is 4.39 Å². The Bertz CT molecular complexity index is 632. The van der Waals surface area contributed by atoms with Crippen LogP contribution >= 0.6 is 23.2 Å². The first-order valence-electron chi connectivity index (χ1n) is 7.31. The third kappa shape index (κ3) is 4.79. The van der Waals surface area contributed by atoms with Crippen molar-refractivity contribution >= 4 is 34.6 Å². The molecule has 0 radical (unpaired) electrons. The fourth-order valence-corrected chi connectivity index (χ4v) is 2.41. The highest BCUT2D eigenvalue weighted by Crippen LogP contribution is 2.24. The highest BCUT2D eigenvalue weighted by atomic mass is 35.5. The number of unbranched alkanes of at least 4 members (excludes halogenated alkanes) is 1. The van der Waals surface area contributed by atoms with Gasteiger partial charge in [0.25, 0.3) is 0 Å². The van der Waals surface area contributed by atoms with Crippen molar-refractivity contribution in [3.63, 3.8) is 0 Å². The van der Waals surface area contributed by atoms with Gasteiger partial charge in [0, 0.05) is 18.8 Å². The molecule has 118 valence electrons. The number of hydrogen-bond donors (Lipinski definition) is 2. The predicted octanol–water partition coefficient (Wildman–Crippen LogP) is 5.96. The summed E-state index contributed by atoms with van der Waals surface area (Å²) >= 11 is 11.9. The minimum Gasteiger partial charge on any atom is -0.384 e. The molecule has 2 aromatic carbocycles. The van der Waals surface area contributed by atoms with Crippen molar-refractivity contribution < 1.29 is 4.39 Å². The third-order valence-corrected chi connectivity index (χ3v) is 3.91. The summed E-state index contributed by atoms with van der Waals surface area (Å²) in [6.07, 6.45) is 2.26. The van der Waals surface area contributed by atoms with E-state index in [0.29, 0.717) is 17.3 Å². The second-order valence-corrected chi connectivity index (χ2v) is 5.89. The van der Waals surface area contributed by atoms with Gasteiger partial charge in [-0.15, -0.1) is 0 Å². The Balaban J connectivity index is 1.95. The van der Waals surface area contributed by atoms with Gasteiger partial charge < -0.3 is 10.6 Å². The Morgan fingerprint density at radius 1 is 1.00 bits per heavy atom. The van der Waals surface area contributed by atoms with Crippen LogP contribution in [0.15, 0.2) is 36.4 Å². The second kappa shape index (κ2) is 8.25. The molecule has 0 saturated carbocycles. The zero-order valence-electron chi connectivity index (χ0n) is 12.4. The van der Waals surface area contributed by atoms with Gasteiger partial charge in [-0.05, 0) is 42.3 Å². The largest absolute Gasteiger partial charge is 0.384 e. The van der Waals surface area contributed by atoms with Crippen molar-refractivity contribution in [1.82, 2.24) is 0 Å². The van der Waals surface area contributed by atoms with E-state index in [9.17, 15) is 4.39 Å². The molecule has 2 aromatic rings. The highest BCUT2D eigenvalue weighted by Gasteiger charge is 2.03. The fourth-order valence-electron chi connectivity index (χ4n) is 2.02. The topological polar surface area (TPSA) is 24.1 Å². The van der Waals surface area contributed by atoms with Crippen LogP contribution in [0.5, 0.6) is 0 Å². The van der Waals surface area contributed by atoms with Crippen molar-refractivity contribution in [2.75, 3.05) is 17.2 Å². The minimum atomic E-state index is -0.430. The van der Waals surface area contributed by atoms with Gasteiger partial charge in [-0.1, -0.05) is 42.6 Å². The summed E-state index contributed by atoms with van der Waals surface area (Å²) in [6.45, 7) is 3.63. The Hall–Kier alpha value is -1.45. The van der Waals surface area contributed by atoms with Crippen molar-refractivity contribution in [1.29, 1.82) is 0 Å². The van der Waals surface area contributed by atoms with Crippen LogP contribution in [0.1, 0.15) is 25.3 Å². The van der Waals surface area contributed by atoms with Gasteiger partial charge in [0.05, 0.1) is 15.7 Å². The Kier molecular flexibility index (Phi) is 6.34. The monoisotopic (exact) mass is 340 g/mol. The quantitative estimate of drug-likeness (QED) is 0.608. The maximum atomic E-state index is 13.4. The zero-order valence-corrected chi connectivity index (χ0v) is 13.9. The van der Waals surface area contributed by atoms with E-state index in [-0.39, 0.29) is 5.02 Å². The first-order valence-corrected chi connectivity index (χ1v) is 8.07. The average Bonchev–Trinajstić information content (AvgIpc) is 2.50. The van der Waals surface area contributed by atoms with E-state index in [1.807, 2.05) is 18.2 Å². The predicted molar refractivity (Wildman–Crippen MR) is 93.6 cm³/mol. The van der Waals surface area contributed by atoms with E-state index >= 15 is 0 Å². The Labute approximate surface area is 140 Å². The van der Waals surface area contributed by atoms with Gasteiger partial charge in [0.2, 0.25) is 0 Å². The number of benzene rings is 2. The van der Waals surface area contributed by atoms with Crippen LogP contribution in [-0.4, -0.2) is 6.54 Å². The molecule has 0 aliphatic carbocycles. The van der Waals surface area contributed by atoms with E-state index in [4.69, 9.17) is 23.2 Å². The van der Waals surface area contributed by atoms with Gasteiger partial charge in [0.1, 0.15) is 5.82 Å². The Morgan fingerprint density at radius 3 is 2.50 bits per heavy atom. The molecule has 2 rings (SSSR count). The van der Waals surface area contributed by atoms with Crippen LogP contribution in [0.25, 0.3) is 0 Å². The fraction of sp³-hybridized carbons (Fsp3) is 0.294.